The Morgan fingerprint density at radius 1 is 1.21 bits per heavy atom. The third-order valence-corrected chi connectivity index (χ3v) is 2.24. The van der Waals surface area contributed by atoms with Crippen LogP contribution in [-0.4, -0.2) is 30.3 Å². The zero-order valence-electron chi connectivity index (χ0n) is 10.7. The van der Waals surface area contributed by atoms with Gasteiger partial charge in [-0.1, -0.05) is 6.58 Å². The van der Waals surface area contributed by atoms with E-state index in [4.69, 9.17) is 14.6 Å². The van der Waals surface area contributed by atoms with Crippen molar-refractivity contribution in [2.24, 2.45) is 0 Å². The van der Waals surface area contributed by atoms with E-state index in [9.17, 15) is 9.59 Å². The highest BCUT2D eigenvalue weighted by Gasteiger charge is 2.03. The van der Waals surface area contributed by atoms with Crippen molar-refractivity contribution >= 4 is 11.9 Å². The number of aromatic carboxylic acids is 1. The first-order valence-electron chi connectivity index (χ1n) is 5.79. The lowest BCUT2D eigenvalue weighted by molar-refractivity contribution is -0.139. The number of hydrogen-bond donors (Lipinski definition) is 1. The van der Waals surface area contributed by atoms with Crippen LogP contribution >= 0.6 is 0 Å². The number of rotatable bonds is 7. The standard InChI is InChI=1S/C14H16O5/c1-10(2)14(17)19-9-3-8-18-12-6-4-11(5-7-12)13(15)16/h4-7H,1,3,8-9H2,2H3,(H,15,16). The Kier molecular flexibility index (Phi) is 5.60. The molecule has 1 aromatic carbocycles. The van der Waals surface area contributed by atoms with Crippen molar-refractivity contribution in [3.8, 4) is 5.75 Å². The van der Waals surface area contributed by atoms with Crippen LogP contribution in [0.4, 0.5) is 0 Å². The van der Waals surface area contributed by atoms with Gasteiger partial charge in [0.15, 0.2) is 0 Å². The van der Waals surface area contributed by atoms with Crippen LogP contribution in [0.15, 0.2) is 36.4 Å². The number of hydrogen-bond acceptors (Lipinski definition) is 4. The van der Waals surface area contributed by atoms with Crippen molar-refractivity contribution in [2.45, 2.75) is 13.3 Å². The Labute approximate surface area is 111 Å². The zero-order chi connectivity index (χ0) is 14.3. The SMILES string of the molecule is C=C(C)C(=O)OCCCOc1ccc(C(=O)O)cc1. The molecule has 5 nitrogen and oxygen atoms in total. The topological polar surface area (TPSA) is 72.8 Å². The normalized spacial score (nSPS) is 9.74. The molecule has 0 aliphatic rings. The van der Waals surface area contributed by atoms with Crippen LogP contribution in [0.25, 0.3) is 0 Å². The minimum Gasteiger partial charge on any atom is -0.493 e. The van der Waals surface area contributed by atoms with Crippen molar-refractivity contribution in [3.05, 3.63) is 42.0 Å². The second kappa shape index (κ2) is 7.20. The first-order chi connectivity index (χ1) is 9.00. The number of carboxylic acids is 1. The predicted octanol–water partition coefficient (Wildman–Crippen LogP) is 2.27. The molecule has 0 fully saturated rings. The summed E-state index contributed by atoms with van der Waals surface area (Å²) in [4.78, 5) is 21.7. The van der Waals surface area contributed by atoms with Crippen molar-refractivity contribution < 1.29 is 24.2 Å². The maximum atomic E-state index is 11.1. The third-order valence-electron chi connectivity index (χ3n) is 2.24. The minimum atomic E-state index is -0.974. The van der Waals surface area contributed by atoms with Gasteiger partial charge in [0, 0.05) is 12.0 Å². The molecule has 0 amide bonds. The minimum absolute atomic E-state index is 0.211. The summed E-state index contributed by atoms with van der Waals surface area (Å²) in [6.45, 7) is 5.70. The molecule has 19 heavy (non-hydrogen) atoms. The van der Waals surface area contributed by atoms with E-state index in [1.54, 1.807) is 19.1 Å². The van der Waals surface area contributed by atoms with Crippen LogP contribution in [0.2, 0.25) is 0 Å². The van der Waals surface area contributed by atoms with E-state index in [1.165, 1.54) is 12.1 Å². The molecule has 0 heterocycles. The Hall–Kier alpha value is -2.30. The molecule has 1 N–H and O–H groups in total. The smallest absolute Gasteiger partial charge is 0.335 e. The summed E-state index contributed by atoms with van der Waals surface area (Å²) < 4.78 is 10.3. The maximum Gasteiger partial charge on any atom is 0.335 e. The van der Waals surface area contributed by atoms with Gasteiger partial charge in [-0.15, -0.1) is 0 Å². The van der Waals surface area contributed by atoms with Gasteiger partial charge in [-0.25, -0.2) is 9.59 Å². The molecule has 0 bridgehead atoms. The number of esters is 1. The fourth-order valence-corrected chi connectivity index (χ4v) is 1.23. The van der Waals surface area contributed by atoms with Crippen molar-refractivity contribution in [2.75, 3.05) is 13.2 Å². The van der Waals surface area contributed by atoms with Crippen molar-refractivity contribution in [1.82, 2.24) is 0 Å². The Morgan fingerprint density at radius 2 is 1.84 bits per heavy atom. The van der Waals surface area contributed by atoms with Crippen LogP contribution in [0.3, 0.4) is 0 Å². The summed E-state index contributed by atoms with van der Waals surface area (Å²) in [7, 11) is 0. The highest BCUT2D eigenvalue weighted by molar-refractivity contribution is 5.87. The molecular formula is C14H16O5. The van der Waals surface area contributed by atoms with Crippen molar-refractivity contribution in [1.29, 1.82) is 0 Å². The van der Waals surface area contributed by atoms with Gasteiger partial charge < -0.3 is 14.6 Å². The molecule has 0 saturated heterocycles. The van der Waals surface area contributed by atoms with E-state index < -0.39 is 11.9 Å². The molecule has 0 aromatic heterocycles. The monoisotopic (exact) mass is 264 g/mol. The average molecular weight is 264 g/mol. The highest BCUT2D eigenvalue weighted by Crippen LogP contribution is 2.12. The van der Waals surface area contributed by atoms with Crippen LogP contribution in [-0.2, 0) is 9.53 Å². The van der Waals surface area contributed by atoms with Gasteiger partial charge in [-0.2, -0.15) is 0 Å². The molecule has 0 aliphatic heterocycles. The first kappa shape index (κ1) is 14.8. The van der Waals surface area contributed by atoms with E-state index >= 15 is 0 Å². The van der Waals surface area contributed by atoms with Gasteiger partial charge in [0.05, 0.1) is 18.8 Å². The molecule has 1 aromatic rings. The summed E-state index contributed by atoms with van der Waals surface area (Å²) in [5, 5.41) is 8.72. The molecule has 102 valence electrons. The summed E-state index contributed by atoms with van der Waals surface area (Å²) in [6.07, 6.45) is 0.555. The average Bonchev–Trinajstić information content (AvgIpc) is 2.38. The van der Waals surface area contributed by atoms with E-state index in [-0.39, 0.29) is 12.2 Å². The molecule has 0 radical (unpaired) electrons. The predicted molar refractivity (Wildman–Crippen MR) is 69.3 cm³/mol. The van der Waals surface area contributed by atoms with Crippen LogP contribution in [0, 0.1) is 0 Å². The number of ether oxygens (including phenoxy) is 2. The van der Waals surface area contributed by atoms with Gasteiger partial charge in [-0.05, 0) is 31.2 Å². The van der Waals surface area contributed by atoms with Gasteiger partial charge >= 0.3 is 11.9 Å². The number of benzene rings is 1. The summed E-state index contributed by atoms with van der Waals surface area (Å²) in [6, 6.07) is 6.12. The molecule has 0 saturated carbocycles. The molecule has 0 spiro atoms. The lowest BCUT2D eigenvalue weighted by Crippen LogP contribution is -2.09. The van der Waals surface area contributed by atoms with E-state index in [1.807, 2.05) is 0 Å². The fraction of sp³-hybridized carbons (Fsp3) is 0.286. The van der Waals surface area contributed by atoms with Gasteiger partial charge in [-0.3, -0.25) is 0 Å². The molecule has 0 atom stereocenters. The number of carboxylic acid groups (broad SMARTS) is 1. The largest absolute Gasteiger partial charge is 0.493 e. The Balaban J connectivity index is 2.24. The summed E-state index contributed by atoms with van der Waals surface area (Å²) in [5.74, 6) is -0.805. The molecular weight excluding hydrogens is 248 g/mol. The maximum absolute atomic E-state index is 11.1. The van der Waals surface area contributed by atoms with Gasteiger partial charge in [0.2, 0.25) is 0 Å². The highest BCUT2D eigenvalue weighted by atomic mass is 16.5. The molecule has 0 aliphatic carbocycles. The summed E-state index contributed by atoms with van der Waals surface area (Å²) in [5.41, 5.74) is 0.577. The lowest BCUT2D eigenvalue weighted by Gasteiger charge is -2.07. The number of carbonyl (C=O) groups is 2. The molecule has 1 rings (SSSR count). The second-order valence-electron chi connectivity index (χ2n) is 3.95. The van der Waals surface area contributed by atoms with Crippen LogP contribution in [0.1, 0.15) is 23.7 Å². The van der Waals surface area contributed by atoms with Crippen LogP contribution in [0.5, 0.6) is 5.75 Å². The second-order valence-corrected chi connectivity index (χ2v) is 3.95. The van der Waals surface area contributed by atoms with Crippen molar-refractivity contribution in [3.63, 3.8) is 0 Å². The van der Waals surface area contributed by atoms with E-state index in [0.717, 1.165) is 0 Å². The first-order valence-corrected chi connectivity index (χ1v) is 5.79. The quantitative estimate of drug-likeness (QED) is 0.464. The Morgan fingerprint density at radius 3 is 2.37 bits per heavy atom. The van der Waals surface area contributed by atoms with Gasteiger partial charge in [0.25, 0.3) is 0 Å². The lowest BCUT2D eigenvalue weighted by atomic mass is 10.2. The van der Waals surface area contributed by atoms with Gasteiger partial charge in [0.1, 0.15) is 5.75 Å². The zero-order valence-corrected chi connectivity index (χ0v) is 10.7. The number of carbonyl (C=O) groups excluding carboxylic acids is 1. The fourth-order valence-electron chi connectivity index (χ4n) is 1.23. The van der Waals surface area contributed by atoms with Crippen LogP contribution < -0.4 is 4.74 Å². The molecule has 5 heteroatoms. The van der Waals surface area contributed by atoms with E-state index in [0.29, 0.717) is 24.4 Å². The van der Waals surface area contributed by atoms with E-state index in [2.05, 4.69) is 6.58 Å². The third kappa shape index (κ3) is 5.25. The summed E-state index contributed by atoms with van der Waals surface area (Å²) >= 11 is 0. The Bertz CT molecular complexity index is 461. The molecule has 0 unspecified atom stereocenters.